The molecule has 32 heavy (non-hydrogen) atoms. The quantitative estimate of drug-likeness (QED) is 0.450. The maximum atomic E-state index is 13.0. The Bertz CT molecular complexity index is 1080. The Morgan fingerprint density at radius 3 is 2.59 bits per heavy atom. The van der Waals surface area contributed by atoms with Crippen LogP contribution in [0.25, 0.3) is 0 Å². The van der Waals surface area contributed by atoms with E-state index in [1.165, 1.54) is 23.7 Å². The number of aromatic amines is 1. The van der Waals surface area contributed by atoms with E-state index in [0.29, 0.717) is 11.3 Å². The molecule has 1 aromatic carbocycles. The van der Waals surface area contributed by atoms with Gasteiger partial charge in [0.2, 0.25) is 5.91 Å². The molecular formula is C21H29N5O6. The Balaban J connectivity index is 2.34. The lowest BCUT2D eigenvalue weighted by molar-refractivity contribution is -0.117. The number of methoxy groups -OCH3 is 2. The molecule has 0 aliphatic heterocycles. The van der Waals surface area contributed by atoms with Gasteiger partial charge in [-0.25, -0.2) is 9.59 Å². The van der Waals surface area contributed by atoms with Crippen LogP contribution in [-0.2, 0) is 20.8 Å². The summed E-state index contributed by atoms with van der Waals surface area (Å²) in [5, 5.41) is 2.93. The molecule has 0 radical (unpaired) electrons. The highest BCUT2D eigenvalue weighted by atomic mass is 16.5. The van der Waals surface area contributed by atoms with Crippen LogP contribution in [-0.4, -0.2) is 55.3 Å². The number of benzene rings is 1. The predicted molar refractivity (Wildman–Crippen MR) is 121 cm³/mol. The first-order valence-electron chi connectivity index (χ1n) is 10.0. The van der Waals surface area contributed by atoms with Crippen LogP contribution in [0.1, 0.15) is 24.2 Å². The van der Waals surface area contributed by atoms with Crippen LogP contribution in [0, 0.1) is 5.92 Å². The average molecular weight is 447 g/mol. The van der Waals surface area contributed by atoms with Gasteiger partial charge in [0, 0.05) is 25.9 Å². The van der Waals surface area contributed by atoms with E-state index in [4.69, 9.17) is 15.2 Å². The topological polar surface area (TPSA) is 149 Å². The van der Waals surface area contributed by atoms with E-state index in [1.807, 2.05) is 13.8 Å². The Kier molecular flexibility index (Phi) is 8.59. The van der Waals surface area contributed by atoms with E-state index in [9.17, 15) is 19.2 Å². The van der Waals surface area contributed by atoms with Crippen molar-refractivity contribution in [2.45, 2.75) is 20.4 Å². The van der Waals surface area contributed by atoms with Crippen LogP contribution < -0.4 is 27.2 Å². The summed E-state index contributed by atoms with van der Waals surface area (Å²) < 4.78 is 11.0. The van der Waals surface area contributed by atoms with E-state index in [0.717, 1.165) is 0 Å². The maximum Gasteiger partial charge on any atom is 0.337 e. The Morgan fingerprint density at radius 1 is 1.25 bits per heavy atom. The fourth-order valence-corrected chi connectivity index (χ4v) is 3.08. The molecule has 2 rings (SSSR count). The number of nitrogens with two attached hydrogens (primary N) is 1. The molecule has 0 saturated carbocycles. The Morgan fingerprint density at radius 2 is 1.97 bits per heavy atom. The maximum absolute atomic E-state index is 13.0. The molecule has 0 aliphatic carbocycles. The number of rotatable bonds is 10. The van der Waals surface area contributed by atoms with Crippen molar-refractivity contribution in [2.24, 2.45) is 5.92 Å². The molecule has 174 valence electrons. The molecule has 0 fully saturated rings. The van der Waals surface area contributed by atoms with Gasteiger partial charge < -0.3 is 25.4 Å². The summed E-state index contributed by atoms with van der Waals surface area (Å²) in [4.78, 5) is 53.0. The number of H-pyrrole nitrogens is 1. The lowest BCUT2D eigenvalue weighted by Crippen LogP contribution is -2.44. The highest BCUT2D eigenvalue weighted by molar-refractivity contribution is 5.98. The van der Waals surface area contributed by atoms with Crippen LogP contribution in [0.15, 0.2) is 33.9 Å². The fraction of sp³-hybridized carbons (Fsp3) is 0.429. The summed E-state index contributed by atoms with van der Waals surface area (Å²) in [6.45, 7) is 4.07. The second-order valence-electron chi connectivity index (χ2n) is 7.46. The number of hydrogen-bond donors (Lipinski definition) is 3. The molecule has 0 saturated heterocycles. The summed E-state index contributed by atoms with van der Waals surface area (Å²) in [7, 11) is 2.74. The van der Waals surface area contributed by atoms with Crippen molar-refractivity contribution in [3.8, 4) is 0 Å². The van der Waals surface area contributed by atoms with Gasteiger partial charge in [0.15, 0.2) is 5.69 Å². The van der Waals surface area contributed by atoms with Crippen LogP contribution in [0.4, 0.5) is 17.2 Å². The molecule has 4 N–H and O–H groups in total. The number of ether oxygens (including phenoxy) is 2. The highest BCUT2D eigenvalue weighted by Crippen LogP contribution is 2.18. The molecule has 11 nitrogen and oxygen atoms in total. The summed E-state index contributed by atoms with van der Waals surface area (Å²) in [6.07, 6.45) is 0. The number of anilines is 3. The van der Waals surface area contributed by atoms with Gasteiger partial charge in [-0.2, -0.15) is 0 Å². The van der Waals surface area contributed by atoms with E-state index >= 15 is 0 Å². The second-order valence-corrected chi connectivity index (χ2v) is 7.46. The lowest BCUT2D eigenvalue weighted by Gasteiger charge is -2.25. The van der Waals surface area contributed by atoms with Gasteiger partial charge in [-0.1, -0.05) is 19.9 Å². The number of hydrogen-bond acceptors (Lipinski definition) is 8. The largest absolute Gasteiger partial charge is 0.465 e. The Hall–Kier alpha value is -3.60. The minimum Gasteiger partial charge on any atom is -0.465 e. The smallest absolute Gasteiger partial charge is 0.337 e. The minimum absolute atomic E-state index is 0.0480. The number of nitrogens with one attached hydrogen (secondary N) is 2. The molecule has 1 aromatic heterocycles. The minimum atomic E-state index is -0.760. The molecular weight excluding hydrogens is 418 g/mol. The number of carbonyl (C=O) groups is 2. The van der Waals surface area contributed by atoms with Gasteiger partial charge in [0.25, 0.3) is 5.56 Å². The lowest BCUT2D eigenvalue weighted by atomic mass is 10.2. The molecule has 2 aromatic rings. The molecule has 0 unspecified atom stereocenters. The van der Waals surface area contributed by atoms with Gasteiger partial charge in [0.1, 0.15) is 5.82 Å². The standard InChI is InChI=1S/C21H29N5O6/c1-13(2)12-26-18(22)17(19(28)24-21(26)30)25(8-9-31-3)16(27)11-23-15-7-5-6-14(10-15)20(29)32-4/h5-7,10,13,23H,8-9,11-12,22H2,1-4H3,(H,24,28,30). The van der Waals surface area contributed by atoms with E-state index in [1.54, 1.807) is 24.3 Å². The molecule has 1 amide bonds. The van der Waals surface area contributed by atoms with Crippen LogP contribution in [0.3, 0.4) is 0 Å². The summed E-state index contributed by atoms with van der Waals surface area (Å²) in [5.74, 6) is -0.990. The number of nitrogens with zero attached hydrogens (tertiary/aromatic N) is 2. The van der Waals surface area contributed by atoms with E-state index in [-0.39, 0.29) is 43.7 Å². The number of nitrogen functional groups attached to an aromatic ring is 1. The fourth-order valence-electron chi connectivity index (χ4n) is 3.08. The molecule has 1 heterocycles. The van der Waals surface area contributed by atoms with Crippen molar-refractivity contribution in [3.63, 3.8) is 0 Å². The van der Waals surface area contributed by atoms with Gasteiger partial charge in [-0.05, 0) is 24.1 Å². The third-order valence-electron chi connectivity index (χ3n) is 4.58. The summed E-state index contributed by atoms with van der Waals surface area (Å²) in [5.41, 5.74) is 5.48. The van der Waals surface area contributed by atoms with E-state index < -0.39 is 23.1 Å². The van der Waals surface area contributed by atoms with Crippen molar-refractivity contribution in [2.75, 3.05) is 49.9 Å². The van der Waals surface area contributed by atoms with Crippen molar-refractivity contribution in [1.82, 2.24) is 9.55 Å². The summed E-state index contributed by atoms with van der Waals surface area (Å²) in [6, 6.07) is 6.46. The molecule has 11 heteroatoms. The second kappa shape index (κ2) is 11.1. The average Bonchev–Trinajstić information content (AvgIpc) is 2.76. The third-order valence-corrected chi connectivity index (χ3v) is 4.58. The zero-order valence-electron chi connectivity index (χ0n) is 18.6. The SMILES string of the molecule is COCCN(C(=O)CNc1cccc(C(=O)OC)c1)c1c(N)n(CC(C)C)c(=O)[nH]c1=O. The van der Waals surface area contributed by atoms with Crippen LogP contribution in [0.5, 0.6) is 0 Å². The third kappa shape index (κ3) is 5.97. The van der Waals surface area contributed by atoms with Crippen molar-refractivity contribution < 1.29 is 19.1 Å². The monoisotopic (exact) mass is 447 g/mol. The molecule has 0 bridgehead atoms. The highest BCUT2D eigenvalue weighted by Gasteiger charge is 2.24. The molecule has 0 spiro atoms. The molecule has 0 aliphatic rings. The summed E-state index contributed by atoms with van der Waals surface area (Å²) >= 11 is 0. The van der Waals surface area contributed by atoms with Crippen molar-refractivity contribution in [3.05, 3.63) is 50.7 Å². The van der Waals surface area contributed by atoms with Gasteiger partial charge in [-0.3, -0.25) is 19.1 Å². The van der Waals surface area contributed by atoms with Crippen molar-refractivity contribution in [1.29, 1.82) is 0 Å². The van der Waals surface area contributed by atoms with Gasteiger partial charge >= 0.3 is 11.7 Å². The number of amides is 1. The number of esters is 1. The van der Waals surface area contributed by atoms with Crippen molar-refractivity contribution >= 4 is 29.1 Å². The van der Waals surface area contributed by atoms with Crippen LogP contribution >= 0.6 is 0 Å². The van der Waals surface area contributed by atoms with Gasteiger partial charge in [-0.15, -0.1) is 0 Å². The first kappa shape index (κ1) is 24.7. The first-order valence-corrected chi connectivity index (χ1v) is 10.0. The Labute approximate surface area is 185 Å². The van der Waals surface area contributed by atoms with Gasteiger partial charge in [0.05, 0.1) is 25.8 Å². The van der Waals surface area contributed by atoms with Crippen LogP contribution in [0.2, 0.25) is 0 Å². The zero-order chi connectivity index (χ0) is 23.8. The number of carbonyl (C=O) groups excluding carboxylic acids is 2. The number of aromatic nitrogens is 2. The normalized spacial score (nSPS) is 10.8. The zero-order valence-corrected chi connectivity index (χ0v) is 18.6. The predicted octanol–water partition coefficient (Wildman–Crippen LogP) is 0.653. The first-order chi connectivity index (χ1) is 15.2. The molecule has 0 atom stereocenters. The van der Waals surface area contributed by atoms with E-state index in [2.05, 4.69) is 10.3 Å².